The largest absolute Gasteiger partial charge is 0.391 e. The first-order valence-electron chi connectivity index (χ1n) is 9.06. The van der Waals surface area contributed by atoms with Crippen LogP contribution in [0.1, 0.15) is 44.6 Å². The van der Waals surface area contributed by atoms with Crippen LogP contribution in [0.4, 0.5) is 5.69 Å². The maximum atomic E-state index is 11.8. The molecule has 0 aromatic heterocycles. The number of nitrogens with zero attached hydrogens (tertiary/aromatic N) is 1. The summed E-state index contributed by atoms with van der Waals surface area (Å²) in [5, 5.41) is 16.0. The van der Waals surface area contributed by atoms with Crippen molar-refractivity contribution in [2.45, 2.75) is 57.2 Å². The Labute approximate surface area is 148 Å². The summed E-state index contributed by atoms with van der Waals surface area (Å²) in [6.45, 7) is 6.01. The minimum Gasteiger partial charge on any atom is -0.391 e. The topological polar surface area (TPSA) is 81.7 Å². The molecule has 3 atom stereocenters. The number of carbonyl (C=O) groups is 2. The lowest BCUT2D eigenvalue weighted by Gasteiger charge is -2.38. The smallest absolute Gasteiger partial charge is 0.249 e. The predicted octanol–water partition coefficient (Wildman–Crippen LogP) is 1.46. The second-order valence-corrected chi connectivity index (χ2v) is 7.32. The maximum Gasteiger partial charge on any atom is 0.249 e. The lowest BCUT2D eigenvalue weighted by molar-refractivity contribution is -0.133. The third kappa shape index (κ3) is 4.19. The van der Waals surface area contributed by atoms with Gasteiger partial charge in [0.1, 0.15) is 6.04 Å². The van der Waals surface area contributed by atoms with E-state index < -0.39 is 0 Å². The molecule has 3 rings (SSSR count). The summed E-state index contributed by atoms with van der Waals surface area (Å²) in [5.74, 6) is -0.323. The van der Waals surface area contributed by atoms with Crippen molar-refractivity contribution < 1.29 is 14.7 Å². The van der Waals surface area contributed by atoms with Crippen molar-refractivity contribution >= 4 is 17.5 Å². The van der Waals surface area contributed by atoms with Gasteiger partial charge in [-0.1, -0.05) is 12.1 Å². The molecule has 1 aromatic rings. The molecule has 6 heteroatoms. The summed E-state index contributed by atoms with van der Waals surface area (Å²) in [7, 11) is 0. The molecule has 1 unspecified atom stereocenters. The number of imide groups is 1. The van der Waals surface area contributed by atoms with Gasteiger partial charge in [0.15, 0.2) is 0 Å². The third-order valence-corrected chi connectivity index (χ3v) is 5.26. The van der Waals surface area contributed by atoms with Gasteiger partial charge in [-0.15, -0.1) is 0 Å². The predicted molar refractivity (Wildman–Crippen MR) is 96.3 cm³/mol. The first-order chi connectivity index (χ1) is 11.9. The first kappa shape index (κ1) is 17.9. The molecular formula is C19H27N3O3. The van der Waals surface area contributed by atoms with Crippen molar-refractivity contribution in [1.82, 2.24) is 10.2 Å². The van der Waals surface area contributed by atoms with Crippen LogP contribution in [0, 0.1) is 0 Å². The summed E-state index contributed by atoms with van der Waals surface area (Å²) in [6.07, 6.45) is 1.46. The lowest BCUT2D eigenvalue weighted by atomic mass is 9.86. The minimum absolute atomic E-state index is 0.152. The zero-order valence-corrected chi connectivity index (χ0v) is 14.9. The molecule has 2 aliphatic rings. The molecule has 3 N–H and O–H groups in total. The Hall–Kier alpha value is -1.92. The van der Waals surface area contributed by atoms with Gasteiger partial charge in [0, 0.05) is 30.6 Å². The molecule has 0 aliphatic carbocycles. The number of likely N-dealkylation sites (tertiary alicyclic amines) is 1. The second-order valence-electron chi connectivity index (χ2n) is 7.32. The molecular weight excluding hydrogens is 318 g/mol. The SMILES string of the molecule is CC(C)N1CC[C@@H](c2ccc(NC3CCC(=O)NC3=O)cc2)[C@@H](O)C1. The maximum absolute atomic E-state index is 11.8. The van der Waals surface area contributed by atoms with Crippen molar-refractivity contribution in [2.24, 2.45) is 0 Å². The van der Waals surface area contributed by atoms with Crippen LogP contribution in [0.3, 0.4) is 0 Å². The lowest BCUT2D eigenvalue weighted by Crippen LogP contribution is -2.47. The van der Waals surface area contributed by atoms with E-state index in [1.165, 1.54) is 0 Å². The fourth-order valence-corrected chi connectivity index (χ4v) is 3.67. The Balaban J connectivity index is 1.61. The molecule has 136 valence electrons. The van der Waals surface area contributed by atoms with Crippen molar-refractivity contribution in [1.29, 1.82) is 0 Å². The zero-order chi connectivity index (χ0) is 18.0. The average molecular weight is 345 g/mol. The van der Waals surface area contributed by atoms with Crippen LogP contribution in [0.15, 0.2) is 24.3 Å². The van der Waals surface area contributed by atoms with E-state index >= 15 is 0 Å². The number of anilines is 1. The average Bonchev–Trinajstić information content (AvgIpc) is 2.58. The van der Waals surface area contributed by atoms with Crippen LogP contribution in [-0.2, 0) is 9.59 Å². The number of piperidine rings is 2. The van der Waals surface area contributed by atoms with Crippen LogP contribution in [0.2, 0.25) is 0 Å². The summed E-state index contributed by atoms with van der Waals surface area (Å²) < 4.78 is 0. The number of aliphatic hydroxyl groups excluding tert-OH is 1. The second kappa shape index (κ2) is 7.54. The van der Waals surface area contributed by atoms with Gasteiger partial charge in [-0.05, 0) is 50.9 Å². The van der Waals surface area contributed by atoms with Crippen LogP contribution >= 0.6 is 0 Å². The van der Waals surface area contributed by atoms with Crippen molar-refractivity contribution in [2.75, 3.05) is 18.4 Å². The summed E-state index contributed by atoms with van der Waals surface area (Å²) in [6, 6.07) is 8.01. The van der Waals surface area contributed by atoms with Gasteiger partial charge in [0.2, 0.25) is 11.8 Å². The molecule has 6 nitrogen and oxygen atoms in total. The van der Waals surface area contributed by atoms with Crippen molar-refractivity contribution in [3.63, 3.8) is 0 Å². The Kier molecular flexibility index (Phi) is 5.39. The molecule has 2 heterocycles. The van der Waals surface area contributed by atoms with E-state index in [1.54, 1.807) is 0 Å². The number of nitrogens with one attached hydrogen (secondary N) is 2. The first-order valence-corrected chi connectivity index (χ1v) is 9.06. The Morgan fingerprint density at radius 1 is 1.20 bits per heavy atom. The van der Waals surface area contributed by atoms with Gasteiger partial charge in [-0.3, -0.25) is 19.8 Å². The molecule has 2 fully saturated rings. The van der Waals surface area contributed by atoms with Gasteiger partial charge in [-0.2, -0.15) is 0 Å². The summed E-state index contributed by atoms with van der Waals surface area (Å²) in [4.78, 5) is 25.3. The monoisotopic (exact) mass is 345 g/mol. The third-order valence-electron chi connectivity index (χ3n) is 5.26. The minimum atomic E-state index is -0.372. The van der Waals surface area contributed by atoms with Gasteiger partial charge >= 0.3 is 0 Å². The molecule has 2 amide bonds. The highest BCUT2D eigenvalue weighted by molar-refractivity contribution is 6.01. The molecule has 0 radical (unpaired) electrons. The normalized spacial score (nSPS) is 28.1. The van der Waals surface area contributed by atoms with Crippen LogP contribution in [-0.4, -0.2) is 53.1 Å². The highest BCUT2D eigenvalue weighted by Gasteiger charge is 2.30. The number of hydrogen-bond donors (Lipinski definition) is 3. The standard InChI is InChI=1S/C19H27N3O3/c1-12(2)22-10-9-15(17(23)11-22)13-3-5-14(6-4-13)20-16-7-8-18(24)21-19(16)25/h3-6,12,15-17,20,23H,7-11H2,1-2H3,(H,21,24,25)/t15-,16?,17-/m0/s1. The van der Waals surface area contributed by atoms with Crippen LogP contribution < -0.4 is 10.6 Å². The quantitative estimate of drug-likeness (QED) is 0.720. The Morgan fingerprint density at radius 3 is 2.52 bits per heavy atom. The van der Waals surface area contributed by atoms with E-state index in [0.717, 1.165) is 24.2 Å². The van der Waals surface area contributed by atoms with Gasteiger partial charge < -0.3 is 10.4 Å². The summed E-state index contributed by atoms with van der Waals surface area (Å²) in [5.41, 5.74) is 1.98. The summed E-state index contributed by atoms with van der Waals surface area (Å²) >= 11 is 0. The molecule has 2 aliphatic heterocycles. The van der Waals surface area contributed by atoms with Gasteiger partial charge in [0.05, 0.1) is 6.10 Å². The van der Waals surface area contributed by atoms with Crippen LogP contribution in [0.25, 0.3) is 0 Å². The number of hydrogen-bond acceptors (Lipinski definition) is 5. The number of amides is 2. The molecule has 0 saturated carbocycles. The fourth-order valence-electron chi connectivity index (χ4n) is 3.67. The van der Waals surface area contributed by atoms with Crippen molar-refractivity contribution in [3.05, 3.63) is 29.8 Å². The van der Waals surface area contributed by atoms with Crippen LogP contribution in [0.5, 0.6) is 0 Å². The number of benzene rings is 1. The number of β-amino-alcohol motifs (C(OH)–C–C–N with tert-alkyl or cyclic N) is 1. The van der Waals surface area contributed by atoms with E-state index in [0.29, 0.717) is 25.4 Å². The molecule has 0 spiro atoms. The van der Waals surface area contributed by atoms with E-state index in [9.17, 15) is 14.7 Å². The zero-order valence-electron chi connectivity index (χ0n) is 14.9. The number of rotatable bonds is 4. The molecule has 0 bridgehead atoms. The Bertz CT molecular complexity index is 629. The molecule has 1 aromatic carbocycles. The Morgan fingerprint density at radius 2 is 1.92 bits per heavy atom. The van der Waals surface area contributed by atoms with E-state index in [-0.39, 0.29) is 29.9 Å². The van der Waals surface area contributed by atoms with E-state index in [2.05, 4.69) is 29.4 Å². The van der Waals surface area contributed by atoms with E-state index in [1.807, 2.05) is 24.3 Å². The van der Waals surface area contributed by atoms with E-state index in [4.69, 9.17) is 0 Å². The highest BCUT2D eigenvalue weighted by Crippen LogP contribution is 2.30. The highest BCUT2D eigenvalue weighted by atomic mass is 16.3. The molecule has 25 heavy (non-hydrogen) atoms. The number of carbonyl (C=O) groups excluding carboxylic acids is 2. The van der Waals surface area contributed by atoms with Crippen molar-refractivity contribution in [3.8, 4) is 0 Å². The fraction of sp³-hybridized carbons (Fsp3) is 0.579. The number of aliphatic hydroxyl groups is 1. The molecule has 2 saturated heterocycles. The van der Waals surface area contributed by atoms with Gasteiger partial charge in [-0.25, -0.2) is 0 Å². The van der Waals surface area contributed by atoms with Gasteiger partial charge in [0.25, 0.3) is 0 Å².